The van der Waals surface area contributed by atoms with Crippen LogP contribution in [-0.4, -0.2) is 11.1 Å². The van der Waals surface area contributed by atoms with Crippen LogP contribution in [0.3, 0.4) is 0 Å². The topological polar surface area (TPSA) is 46.5 Å². The molecule has 0 radical (unpaired) electrons. The molecule has 0 unspecified atom stereocenters. The van der Waals surface area contributed by atoms with E-state index in [2.05, 4.69) is 49.4 Å². The second-order valence-corrected chi connectivity index (χ2v) is 8.43. The Balaban J connectivity index is 1.91. The minimum absolute atomic E-state index is 0.0269. The number of unbranched alkanes of at least 4 members (excludes halogenated alkanes) is 2. The molecule has 172 valence electrons. The van der Waals surface area contributed by atoms with Gasteiger partial charge in [0, 0.05) is 5.57 Å². The quantitative estimate of drug-likeness (QED) is 0.204. The van der Waals surface area contributed by atoms with Crippen molar-refractivity contribution in [2.45, 2.75) is 59.7 Å². The van der Waals surface area contributed by atoms with Crippen LogP contribution in [0.15, 0.2) is 78.4 Å². The van der Waals surface area contributed by atoms with Crippen molar-refractivity contribution in [1.29, 1.82) is 0 Å². The number of esters is 1. The lowest BCUT2D eigenvalue weighted by Crippen LogP contribution is -2.06. The van der Waals surface area contributed by atoms with Gasteiger partial charge in [0.2, 0.25) is 0 Å². The summed E-state index contributed by atoms with van der Waals surface area (Å²) in [5.74, 6) is -0.299. The van der Waals surface area contributed by atoms with E-state index in [1.165, 1.54) is 24.8 Å². The van der Waals surface area contributed by atoms with E-state index in [0.717, 1.165) is 39.8 Å². The third-order valence-corrected chi connectivity index (χ3v) is 6.02. The van der Waals surface area contributed by atoms with Gasteiger partial charge in [-0.15, -0.1) is 0 Å². The van der Waals surface area contributed by atoms with Crippen LogP contribution in [0, 0.1) is 0 Å². The molecule has 0 saturated carbocycles. The third-order valence-electron chi connectivity index (χ3n) is 6.02. The zero-order valence-corrected chi connectivity index (χ0v) is 19.9. The van der Waals surface area contributed by atoms with Crippen LogP contribution < -0.4 is 0 Å². The van der Waals surface area contributed by atoms with Gasteiger partial charge in [0.05, 0.1) is 6.61 Å². The fraction of sp³-hybridized carbons (Fsp3) is 0.300. The van der Waals surface area contributed by atoms with Crippen molar-refractivity contribution in [2.75, 3.05) is 0 Å². The average molecular weight is 443 g/mol. The maximum atomic E-state index is 12.3. The lowest BCUT2D eigenvalue weighted by Gasteiger charge is -2.14. The fourth-order valence-corrected chi connectivity index (χ4v) is 3.78. The van der Waals surface area contributed by atoms with Gasteiger partial charge in [-0.25, -0.2) is 4.79 Å². The molecule has 0 atom stereocenters. The number of benzene rings is 3. The lowest BCUT2D eigenvalue weighted by atomic mass is 9.94. The molecular formula is C30H34O3. The van der Waals surface area contributed by atoms with Crippen molar-refractivity contribution in [3.8, 4) is 22.3 Å². The summed E-state index contributed by atoms with van der Waals surface area (Å²) in [6.07, 6.45) is 6.56. The molecule has 3 heteroatoms. The minimum Gasteiger partial charge on any atom is -0.457 e. The summed E-state index contributed by atoms with van der Waals surface area (Å²) in [6, 6.07) is 22.9. The van der Waals surface area contributed by atoms with Gasteiger partial charge in [0.15, 0.2) is 0 Å². The van der Waals surface area contributed by atoms with Crippen LogP contribution >= 0.6 is 0 Å². The SMILES string of the molecule is C/C=C(\C)C(=O)OCc1cc(-c2ccc(CO)cc2)ccc1-c1ccc(CCCCC)cc1. The summed E-state index contributed by atoms with van der Waals surface area (Å²) < 4.78 is 5.62. The van der Waals surface area contributed by atoms with Gasteiger partial charge in [-0.05, 0) is 71.7 Å². The first-order valence-corrected chi connectivity index (χ1v) is 11.8. The van der Waals surface area contributed by atoms with Gasteiger partial charge < -0.3 is 9.84 Å². The molecule has 0 fully saturated rings. The largest absolute Gasteiger partial charge is 0.457 e. The summed E-state index contributed by atoms with van der Waals surface area (Å²) in [4.78, 5) is 12.3. The smallest absolute Gasteiger partial charge is 0.333 e. The van der Waals surface area contributed by atoms with Crippen molar-refractivity contribution in [3.05, 3.63) is 95.1 Å². The van der Waals surface area contributed by atoms with E-state index >= 15 is 0 Å². The number of aliphatic hydroxyl groups excluding tert-OH is 1. The maximum absolute atomic E-state index is 12.3. The van der Waals surface area contributed by atoms with Crippen molar-refractivity contribution in [3.63, 3.8) is 0 Å². The van der Waals surface area contributed by atoms with E-state index in [0.29, 0.717) is 5.57 Å². The van der Waals surface area contributed by atoms with Crippen molar-refractivity contribution < 1.29 is 14.6 Å². The van der Waals surface area contributed by atoms with E-state index in [-0.39, 0.29) is 19.2 Å². The standard InChI is InChI=1S/C30H34O3/c1-4-6-7-8-23-9-15-26(16-10-23)29-18-17-27(25-13-11-24(20-31)12-14-25)19-28(29)21-33-30(32)22(3)5-2/h5,9-19,31H,4,6-8,20-21H2,1-3H3/b22-5+. The Hall–Kier alpha value is -3.17. The first kappa shape index (κ1) is 24.5. The highest BCUT2D eigenvalue weighted by atomic mass is 16.5. The van der Waals surface area contributed by atoms with Crippen LogP contribution in [0.5, 0.6) is 0 Å². The zero-order valence-electron chi connectivity index (χ0n) is 19.9. The second kappa shape index (κ2) is 12.2. The van der Waals surface area contributed by atoms with Crippen LogP contribution in [0.1, 0.15) is 56.7 Å². The summed E-state index contributed by atoms with van der Waals surface area (Å²) in [7, 11) is 0. The lowest BCUT2D eigenvalue weighted by molar-refractivity contribution is -0.140. The molecule has 0 heterocycles. The minimum atomic E-state index is -0.299. The second-order valence-electron chi connectivity index (χ2n) is 8.43. The van der Waals surface area contributed by atoms with Gasteiger partial charge in [0.25, 0.3) is 0 Å². The number of ether oxygens (including phenoxy) is 1. The molecular weight excluding hydrogens is 408 g/mol. The summed E-state index contributed by atoms with van der Waals surface area (Å²) >= 11 is 0. The molecule has 1 N–H and O–H groups in total. The predicted octanol–water partition coefficient (Wildman–Crippen LogP) is 7.26. The molecule has 0 aliphatic heterocycles. The Kier molecular flexibility index (Phi) is 9.03. The van der Waals surface area contributed by atoms with Crippen LogP contribution in [0.2, 0.25) is 0 Å². The highest BCUT2D eigenvalue weighted by Crippen LogP contribution is 2.30. The number of aliphatic hydroxyl groups is 1. The zero-order chi connectivity index (χ0) is 23.6. The Morgan fingerprint density at radius 1 is 0.879 bits per heavy atom. The number of hydrogen-bond acceptors (Lipinski definition) is 3. The van der Waals surface area contributed by atoms with Gasteiger partial charge in [-0.1, -0.05) is 86.5 Å². The molecule has 3 aromatic carbocycles. The number of rotatable bonds is 10. The summed E-state index contributed by atoms with van der Waals surface area (Å²) in [5, 5.41) is 9.32. The van der Waals surface area contributed by atoms with Crippen LogP contribution in [0.25, 0.3) is 22.3 Å². The van der Waals surface area contributed by atoms with Gasteiger partial charge >= 0.3 is 5.97 Å². The Labute approximate surface area is 197 Å². The number of aryl methyl sites for hydroxylation is 1. The molecule has 0 aliphatic rings. The molecule has 0 spiro atoms. The molecule has 3 aromatic rings. The fourth-order valence-electron chi connectivity index (χ4n) is 3.78. The molecule has 0 saturated heterocycles. The maximum Gasteiger partial charge on any atom is 0.333 e. The first-order chi connectivity index (χ1) is 16.0. The molecule has 0 aromatic heterocycles. The van der Waals surface area contributed by atoms with Gasteiger partial charge in [0.1, 0.15) is 6.61 Å². The Bertz CT molecular complexity index is 1080. The van der Waals surface area contributed by atoms with Crippen molar-refractivity contribution in [1.82, 2.24) is 0 Å². The van der Waals surface area contributed by atoms with Crippen molar-refractivity contribution in [2.24, 2.45) is 0 Å². The van der Waals surface area contributed by atoms with E-state index < -0.39 is 0 Å². The molecule has 0 bridgehead atoms. The van der Waals surface area contributed by atoms with Crippen LogP contribution in [-0.2, 0) is 29.2 Å². The molecule has 0 aliphatic carbocycles. The van der Waals surface area contributed by atoms with E-state index in [1.807, 2.05) is 31.2 Å². The molecule has 33 heavy (non-hydrogen) atoms. The summed E-state index contributed by atoms with van der Waals surface area (Å²) in [5.41, 5.74) is 8.09. The summed E-state index contributed by atoms with van der Waals surface area (Å²) in [6.45, 7) is 6.06. The molecule has 3 nitrogen and oxygen atoms in total. The number of allylic oxidation sites excluding steroid dienone is 1. The van der Waals surface area contributed by atoms with E-state index in [1.54, 1.807) is 13.0 Å². The predicted molar refractivity (Wildman–Crippen MR) is 136 cm³/mol. The third kappa shape index (κ3) is 6.66. The number of carbonyl (C=O) groups is 1. The molecule has 0 amide bonds. The highest BCUT2D eigenvalue weighted by Gasteiger charge is 2.12. The average Bonchev–Trinajstić information content (AvgIpc) is 2.87. The Morgan fingerprint density at radius 2 is 1.52 bits per heavy atom. The highest BCUT2D eigenvalue weighted by molar-refractivity contribution is 5.87. The number of hydrogen-bond donors (Lipinski definition) is 1. The van der Waals surface area contributed by atoms with E-state index in [9.17, 15) is 9.90 Å². The van der Waals surface area contributed by atoms with Crippen molar-refractivity contribution >= 4 is 5.97 Å². The van der Waals surface area contributed by atoms with E-state index in [4.69, 9.17) is 4.74 Å². The monoisotopic (exact) mass is 442 g/mol. The van der Waals surface area contributed by atoms with Gasteiger partial charge in [-0.2, -0.15) is 0 Å². The van der Waals surface area contributed by atoms with Gasteiger partial charge in [-0.3, -0.25) is 0 Å². The molecule has 3 rings (SSSR count). The normalized spacial score (nSPS) is 11.5. The first-order valence-electron chi connectivity index (χ1n) is 11.8. The van der Waals surface area contributed by atoms with Crippen LogP contribution in [0.4, 0.5) is 0 Å². The number of carbonyl (C=O) groups excluding carboxylic acids is 1. The Morgan fingerprint density at radius 3 is 2.15 bits per heavy atom.